The maximum absolute atomic E-state index is 12.7. The van der Waals surface area contributed by atoms with E-state index in [2.05, 4.69) is 48.4 Å². The highest BCUT2D eigenvalue weighted by molar-refractivity contribution is 5.92. The molecule has 1 atom stereocenters. The van der Waals surface area contributed by atoms with Gasteiger partial charge in [-0.05, 0) is 42.9 Å². The molecule has 2 heterocycles. The predicted octanol–water partition coefficient (Wildman–Crippen LogP) is 3.36. The summed E-state index contributed by atoms with van der Waals surface area (Å²) in [6.45, 7) is 6.59. The second-order valence-corrected chi connectivity index (χ2v) is 8.16. The van der Waals surface area contributed by atoms with Crippen LogP contribution in [0.25, 0.3) is 5.69 Å². The van der Waals surface area contributed by atoms with Gasteiger partial charge in [-0.2, -0.15) is 10.2 Å². The van der Waals surface area contributed by atoms with E-state index in [1.54, 1.807) is 24.0 Å². The van der Waals surface area contributed by atoms with Gasteiger partial charge in [-0.1, -0.05) is 32.0 Å². The summed E-state index contributed by atoms with van der Waals surface area (Å²) >= 11 is 0. The Balaban J connectivity index is 1.72. The molecule has 0 bridgehead atoms. The molecular weight excluding hydrogens is 338 g/mol. The predicted molar refractivity (Wildman–Crippen MR) is 104 cm³/mol. The molecule has 0 saturated carbocycles. The third kappa shape index (κ3) is 3.16. The van der Waals surface area contributed by atoms with E-state index in [4.69, 9.17) is 0 Å². The monoisotopic (exact) mass is 363 g/mol. The normalized spacial score (nSPS) is 18.1. The number of carbonyl (C=O) groups is 1. The first-order valence-corrected chi connectivity index (χ1v) is 9.27. The van der Waals surface area contributed by atoms with Crippen LogP contribution in [0.15, 0.2) is 42.7 Å². The molecule has 1 aliphatic carbocycles. The lowest BCUT2D eigenvalue weighted by molar-refractivity contribution is 0.0909. The Morgan fingerprint density at radius 1 is 1.22 bits per heavy atom. The lowest BCUT2D eigenvalue weighted by Crippen LogP contribution is -2.37. The van der Waals surface area contributed by atoms with Crippen LogP contribution in [0.1, 0.15) is 53.6 Å². The van der Waals surface area contributed by atoms with Crippen molar-refractivity contribution in [3.8, 4) is 5.69 Å². The van der Waals surface area contributed by atoms with Crippen molar-refractivity contribution < 1.29 is 4.79 Å². The fourth-order valence-electron chi connectivity index (χ4n) is 4.01. The Labute approximate surface area is 159 Å². The minimum Gasteiger partial charge on any atom is -0.344 e. The zero-order valence-corrected chi connectivity index (χ0v) is 16.2. The van der Waals surface area contributed by atoms with Crippen molar-refractivity contribution in [1.82, 2.24) is 24.9 Å². The minimum absolute atomic E-state index is 0.0658. The molecule has 2 aromatic heterocycles. The zero-order chi connectivity index (χ0) is 19.2. The highest BCUT2D eigenvalue weighted by Crippen LogP contribution is 2.41. The van der Waals surface area contributed by atoms with Crippen LogP contribution >= 0.6 is 0 Å². The fourth-order valence-corrected chi connectivity index (χ4v) is 4.01. The first-order valence-electron chi connectivity index (χ1n) is 9.27. The molecule has 6 nitrogen and oxygen atoms in total. The molecule has 1 amide bonds. The highest BCUT2D eigenvalue weighted by atomic mass is 16.2. The molecule has 140 valence electrons. The Morgan fingerprint density at radius 2 is 2.00 bits per heavy atom. The molecule has 0 radical (unpaired) electrons. The van der Waals surface area contributed by atoms with Crippen LogP contribution in [0.4, 0.5) is 0 Å². The highest BCUT2D eigenvalue weighted by Gasteiger charge is 2.36. The van der Waals surface area contributed by atoms with Crippen LogP contribution in [-0.4, -0.2) is 25.5 Å². The van der Waals surface area contributed by atoms with E-state index in [1.165, 1.54) is 11.3 Å². The molecule has 0 aliphatic heterocycles. The number of fused-ring (bicyclic) bond motifs is 1. The topological polar surface area (TPSA) is 64.7 Å². The van der Waals surface area contributed by atoms with Gasteiger partial charge in [0.25, 0.3) is 5.91 Å². The summed E-state index contributed by atoms with van der Waals surface area (Å²) < 4.78 is 3.63. The lowest BCUT2D eigenvalue weighted by Gasteiger charge is -2.36. The average Bonchev–Trinajstić information content (AvgIpc) is 3.20. The minimum atomic E-state index is -0.104. The number of benzene rings is 1. The summed E-state index contributed by atoms with van der Waals surface area (Å²) in [5.41, 5.74) is 5.18. The van der Waals surface area contributed by atoms with Gasteiger partial charge in [0.1, 0.15) is 5.69 Å². The van der Waals surface area contributed by atoms with Crippen molar-refractivity contribution in [3.05, 3.63) is 65.2 Å². The number of nitrogens with zero attached hydrogens (tertiary/aromatic N) is 4. The Morgan fingerprint density at radius 3 is 2.70 bits per heavy atom. The molecule has 0 unspecified atom stereocenters. The van der Waals surface area contributed by atoms with Gasteiger partial charge < -0.3 is 5.32 Å². The number of nitrogens with one attached hydrogen (secondary N) is 1. The number of hydrogen-bond donors (Lipinski definition) is 1. The number of rotatable bonds is 3. The van der Waals surface area contributed by atoms with E-state index in [0.29, 0.717) is 5.69 Å². The van der Waals surface area contributed by atoms with Crippen LogP contribution in [0.5, 0.6) is 0 Å². The van der Waals surface area contributed by atoms with Crippen molar-refractivity contribution >= 4 is 5.91 Å². The second kappa shape index (κ2) is 6.37. The van der Waals surface area contributed by atoms with Crippen LogP contribution in [0.3, 0.4) is 0 Å². The summed E-state index contributed by atoms with van der Waals surface area (Å²) in [7, 11) is 1.78. The average molecular weight is 363 g/mol. The molecule has 0 saturated heterocycles. The van der Waals surface area contributed by atoms with Crippen LogP contribution in [0.2, 0.25) is 0 Å². The standard InChI is InChI=1S/C21H25N5O/c1-14-7-5-6-8-17(14)26-19-12-21(2,3)11-16(15(19)13-23-26)24-20(27)18-9-10-22-25(18)4/h5-10,13,16H,11-12H2,1-4H3,(H,24,27)/t16-/m0/s1. The van der Waals surface area contributed by atoms with Crippen molar-refractivity contribution in [2.75, 3.05) is 0 Å². The van der Waals surface area contributed by atoms with Gasteiger partial charge >= 0.3 is 0 Å². The van der Waals surface area contributed by atoms with Gasteiger partial charge in [0, 0.05) is 18.8 Å². The summed E-state index contributed by atoms with van der Waals surface area (Å²) in [4.78, 5) is 12.7. The van der Waals surface area contributed by atoms with E-state index in [1.807, 2.05) is 23.0 Å². The third-order valence-electron chi connectivity index (χ3n) is 5.38. The second-order valence-electron chi connectivity index (χ2n) is 8.16. The molecule has 6 heteroatoms. The number of amides is 1. The number of aromatic nitrogens is 4. The van der Waals surface area contributed by atoms with Crippen LogP contribution < -0.4 is 5.32 Å². The van der Waals surface area contributed by atoms with Gasteiger partial charge in [-0.3, -0.25) is 9.48 Å². The van der Waals surface area contributed by atoms with E-state index in [-0.39, 0.29) is 17.4 Å². The smallest absolute Gasteiger partial charge is 0.270 e. The molecular formula is C21H25N5O. The molecule has 4 rings (SSSR count). The van der Waals surface area contributed by atoms with Gasteiger partial charge in [0.05, 0.1) is 23.6 Å². The maximum atomic E-state index is 12.7. The zero-order valence-electron chi connectivity index (χ0n) is 16.2. The van der Waals surface area contributed by atoms with Gasteiger partial charge in [0.15, 0.2) is 0 Å². The molecule has 1 aliphatic rings. The molecule has 3 aromatic rings. The number of hydrogen-bond acceptors (Lipinski definition) is 3. The quantitative estimate of drug-likeness (QED) is 0.776. The first-order chi connectivity index (χ1) is 12.9. The largest absolute Gasteiger partial charge is 0.344 e. The molecule has 1 aromatic carbocycles. The van der Waals surface area contributed by atoms with Crippen LogP contribution in [0, 0.1) is 12.3 Å². The molecule has 0 spiro atoms. The lowest BCUT2D eigenvalue weighted by atomic mass is 9.74. The fraction of sp³-hybridized carbons (Fsp3) is 0.381. The van der Waals surface area contributed by atoms with E-state index in [9.17, 15) is 4.79 Å². The summed E-state index contributed by atoms with van der Waals surface area (Å²) in [5, 5.41) is 12.0. The van der Waals surface area contributed by atoms with Crippen molar-refractivity contribution in [2.24, 2.45) is 12.5 Å². The Hall–Kier alpha value is -2.89. The Kier molecular flexibility index (Phi) is 4.13. The van der Waals surface area contributed by atoms with Crippen molar-refractivity contribution in [2.45, 2.75) is 39.7 Å². The number of aryl methyl sites for hydroxylation is 2. The van der Waals surface area contributed by atoms with E-state index < -0.39 is 0 Å². The van der Waals surface area contributed by atoms with Crippen molar-refractivity contribution in [3.63, 3.8) is 0 Å². The number of para-hydroxylation sites is 1. The summed E-state index contributed by atoms with van der Waals surface area (Å²) in [6, 6.07) is 9.93. The molecule has 27 heavy (non-hydrogen) atoms. The van der Waals surface area contributed by atoms with Crippen molar-refractivity contribution in [1.29, 1.82) is 0 Å². The first kappa shape index (κ1) is 17.5. The molecule has 1 N–H and O–H groups in total. The Bertz CT molecular complexity index is 998. The van der Waals surface area contributed by atoms with Gasteiger partial charge in [0.2, 0.25) is 0 Å². The van der Waals surface area contributed by atoms with Gasteiger partial charge in [-0.15, -0.1) is 0 Å². The summed E-state index contributed by atoms with van der Waals surface area (Å²) in [5.74, 6) is -0.104. The maximum Gasteiger partial charge on any atom is 0.270 e. The third-order valence-corrected chi connectivity index (χ3v) is 5.38. The van der Waals surface area contributed by atoms with Gasteiger partial charge in [-0.25, -0.2) is 4.68 Å². The number of carbonyl (C=O) groups excluding carboxylic acids is 1. The van der Waals surface area contributed by atoms with E-state index in [0.717, 1.165) is 24.1 Å². The SMILES string of the molecule is Cc1ccccc1-n1ncc2c1CC(C)(C)C[C@@H]2NC(=O)c1ccnn1C. The molecule has 0 fully saturated rings. The summed E-state index contributed by atoms with van der Waals surface area (Å²) in [6.07, 6.45) is 5.35. The van der Waals surface area contributed by atoms with E-state index >= 15 is 0 Å². The van der Waals surface area contributed by atoms with Crippen LogP contribution in [-0.2, 0) is 13.5 Å².